The van der Waals surface area contributed by atoms with E-state index in [9.17, 15) is 9.59 Å². The van der Waals surface area contributed by atoms with Crippen LogP contribution in [-0.4, -0.2) is 26.2 Å². The third-order valence-corrected chi connectivity index (χ3v) is 5.78. The average Bonchev–Trinajstić information content (AvgIpc) is 3.07. The molecule has 2 atom stereocenters. The molecule has 0 spiro atoms. The monoisotopic (exact) mass is 398 g/mol. The topological polar surface area (TPSA) is 79.8 Å². The number of aromatic amines is 1. The molecule has 6 nitrogen and oxygen atoms in total. The van der Waals surface area contributed by atoms with Gasteiger partial charge in [0, 0.05) is 11.7 Å². The van der Waals surface area contributed by atoms with Crippen LogP contribution >= 0.6 is 11.8 Å². The molecule has 0 aliphatic heterocycles. The molecule has 0 bridgehead atoms. The Morgan fingerprint density at radius 3 is 2.68 bits per heavy atom. The summed E-state index contributed by atoms with van der Waals surface area (Å²) < 4.78 is 1.69. The van der Waals surface area contributed by atoms with Crippen LogP contribution < -0.4 is 10.9 Å². The number of nitrogens with zero attached hydrogens (tertiary/aromatic N) is 2. The molecular weight excluding hydrogens is 372 g/mol. The van der Waals surface area contributed by atoms with E-state index < -0.39 is 0 Å². The van der Waals surface area contributed by atoms with E-state index >= 15 is 0 Å². The molecule has 1 aromatic carbocycles. The number of H-pyrrole nitrogens is 1. The van der Waals surface area contributed by atoms with Crippen LogP contribution in [-0.2, 0) is 4.79 Å². The first-order chi connectivity index (χ1) is 13.4. The van der Waals surface area contributed by atoms with Gasteiger partial charge in [0.1, 0.15) is 5.52 Å². The van der Waals surface area contributed by atoms with Crippen molar-refractivity contribution in [2.24, 2.45) is 0 Å². The molecule has 0 aliphatic carbocycles. The maximum absolute atomic E-state index is 12.9. The van der Waals surface area contributed by atoms with Crippen molar-refractivity contribution in [3.63, 3.8) is 0 Å². The molecule has 7 heteroatoms. The average molecular weight is 399 g/mol. The number of amides is 1. The minimum atomic E-state index is -0.0898. The van der Waals surface area contributed by atoms with Crippen molar-refractivity contribution in [3.8, 4) is 0 Å². The predicted octanol–water partition coefficient (Wildman–Crippen LogP) is 3.97. The summed E-state index contributed by atoms with van der Waals surface area (Å²) in [4.78, 5) is 33.1. The molecule has 0 unspecified atom stereocenters. The van der Waals surface area contributed by atoms with Crippen molar-refractivity contribution < 1.29 is 4.79 Å². The number of thioether (sulfide) groups is 1. The van der Waals surface area contributed by atoms with E-state index in [1.54, 1.807) is 4.57 Å². The van der Waals surface area contributed by atoms with E-state index in [1.807, 2.05) is 64.1 Å². The van der Waals surface area contributed by atoms with Crippen molar-refractivity contribution >= 4 is 28.7 Å². The number of aromatic nitrogens is 3. The fourth-order valence-electron chi connectivity index (χ4n) is 3.10. The lowest BCUT2D eigenvalue weighted by Gasteiger charge is -2.18. The fraction of sp³-hybridized carbons (Fsp3) is 0.381. The van der Waals surface area contributed by atoms with Gasteiger partial charge in [-0.2, -0.15) is 0 Å². The number of rotatable bonds is 7. The third kappa shape index (κ3) is 4.30. The van der Waals surface area contributed by atoms with Crippen molar-refractivity contribution in [1.82, 2.24) is 19.9 Å². The van der Waals surface area contributed by atoms with Gasteiger partial charge >= 0.3 is 0 Å². The van der Waals surface area contributed by atoms with Crippen LogP contribution in [0.1, 0.15) is 50.5 Å². The second-order valence-electron chi connectivity index (χ2n) is 7.03. The lowest BCUT2D eigenvalue weighted by Crippen LogP contribution is -2.29. The van der Waals surface area contributed by atoms with Gasteiger partial charge in [-0.25, -0.2) is 4.98 Å². The number of hydrogen-bond donors (Lipinski definition) is 2. The molecule has 1 amide bonds. The normalized spacial score (nSPS) is 13.4. The lowest BCUT2D eigenvalue weighted by atomic mass is 10.1. The van der Waals surface area contributed by atoms with Crippen LogP contribution in [0.2, 0.25) is 0 Å². The molecule has 2 N–H and O–H groups in total. The highest BCUT2D eigenvalue weighted by Crippen LogP contribution is 2.23. The number of hydrogen-bond acceptors (Lipinski definition) is 4. The Morgan fingerprint density at radius 2 is 2.00 bits per heavy atom. The largest absolute Gasteiger partial charge is 0.353 e. The molecule has 0 aliphatic rings. The van der Waals surface area contributed by atoms with Gasteiger partial charge in [-0.3, -0.25) is 14.2 Å². The quantitative estimate of drug-likeness (QED) is 0.466. The number of aryl methyl sites for hydroxylation is 1. The molecule has 0 saturated carbocycles. The first kappa shape index (κ1) is 20.2. The van der Waals surface area contributed by atoms with Crippen LogP contribution in [0.3, 0.4) is 0 Å². The van der Waals surface area contributed by atoms with Gasteiger partial charge in [-0.1, -0.05) is 49.0 Å². The van der Waals surface area contributed by atoms with E-state index in [4.69, 9.17) is 0 Å². The Bertz CT molecular complexity index is 1030. The van der Waals surface area contributed by atoms with Gasteiger partial charge in [0.2, 0.25) is 5.91 Å². The summed E-state index contributed by atoms with van der Waals surface area (Å²) in [7, 11) is 0. The fourth-order valence-corrected chi connectivity index (χ4v) is 4.01. The van der Waals surface area contributed by atoms with E-state index in [1.165, 1.54) is 11.8 Å². The van der Waals surface area contributed by atoms with Crippen LogP contribution in [0, 0.1) is 6.92 Å². The first-order valence-corrected chi connectivity index (χ1v) is 10.5. The molecule has 2 aromatic heterocycles. The number of benzene rings is 1. The Balaban J connectivity index is 1.79. The molecule has 0 saturated heterocycles. The Hall–Kier alpha value is -2.54. The second kappa shape index (κ2) is 8.65. The highest BCUT2D eigenvalue weighted by Gasteiger charge is 2.18. The number of carbonyl (C=O) groups is 1. The smallest absolute Gasteiger partial charge is 0.278 e. The lowest BCUT2D eigenvalue weighted by molar-refractivity contribution is -0.119. The third-order valence-electron chi connectivity index (χ3n) is 4.83. The minimum absolute atomic E-state index is 0.00168. The molecule has 148 valence electrons. The zero-order valence-corrected chi connectivity index (χ0v) is 17.5. The molecule has 2 heterocycles. The van der Waals surface area contributed by atoms with Gasteiger partial charge in [-0.05, 0) is 38.8 Å². The number of fused-ring (bicyclic) bond motifs is 1. The zero-order valence-electron chi connectivity index (χ0n) is 16.7. The van der Waals surface area contributed by atoms with E-state index in [0.717, 1.165) is 17.7 Å². The van der Waals surface area contributed by atoms with Crippen LogP contribution in [0.15, 0.2) is 46.3 Å². The van der Waals surface area contributed by atoms with Crippen LogP contribution in [0.4, 0.5) is 0 Å². The summed E-state index contributed by atoms with van der Waals surface area (Å²) in [6, 6.07) is 11.6. The molecule has 3 aromatic rings. The summed E-state index contributed by atoms with van der Waals surface area (Å²) in [5.41, 5.74) is 3.02. The molecule has 0 radical (unpaired) electrons. The summed E-state index contributed by atoms with van der Waals surface area (Å²) in [5.74, 6) is 0.117. The summed E-state index contributed by atoms with van der Waals surface area (Å²) in [6.07, 6.45) is 0.803. The van der Waals surface area contributed by atoms with E-state index in [2.05, 4.69) is 15.3 Å². The predicted molar refractivity (Wildman–Crippen MR) is 114 cm³/mol. The maximum Gasteiger partial charge on any atom is 0.278 e. The Kier molecular flexibility index (Phi) is 6.24. The van der Waals surface area contributed by atoms with Crippen molar-refractivity contribution in [2.75, 3.05) is 5.75 Å². The van der Waals surface area contributed by atoms with Gasteiger partial charge in [0.05, 0.1) is 17.3 Å². The van der Waals surface area contributed by atoms with Gasteiger partial charge in [0.15, 0.2) is 5.16 Å². The Labute approximate surface area is 168 Å². The van der Waals surface area contributed by atoms with Crippen LogP contribution in [0.5, 0.6) is 0 Å². The summed E-state index contributed by atoms with van der Waals surface area (Å²) in [5, 5.41) is 3.58. The van der Waals surface area contributed by atoms with Gasteiger partial charge < -0.3 is 10.3 Å². The summed E-state index contributed by atoms with van der Waals surface area (Å²) in [6.45, 7) is 7.89. The summed E-state index contributed by atoms with van der Waals surface area (Å²) >= 11 is 1.30. The highest BCUT2D eigenvalue weighted by molar-refractivity contribution is 7.99. The molecule has 28 heavy (non-hydrogen) atoms. The minimum Gasteiger partial charge on any atom is -0.353 e. The number of nitrogens with one attached hydrogen (secondary N) is 2. The SMILES string of the molecule is CC[C@@H](C)n1c(SCC(=O)N[C@@H](C)c2ccccc2)nc2cc(C)[nH]c2c1=O. The molecule has 0 fully saturated rings. The van der Waals surface area contributed by atoms with Crippen molar-refractivity contribution in [1.29, 1.82) is 0 Å². The highest BCUT2D eigenvalue weighted by atomic mass is 32.2. The number of carbonyl (C=O) groups excluding carboxylic acids is 1. The molecular formula is C21H26N4O2S. The van der Waals surface area contributed by atoms with E-state index in [0.29, 0.717) is 16.2 Å². The van der Waals surface area contributed by atoms with E-state index in [-0.39, 0.29) is 29.3 Å². The van der Waals surface area contributed by atoms with Crippen molar-refractivity contribution in [2.45, 2.75) is 51.4 Å². The first-order valence-electron chi connectivity index (χ1n) is 9.49. The molecule has 3 rings (SSSR count). The Morgan fingerprint density at radius 1 is 1.29 bits per heavy atom. The standard InChI is InChI=1S/C21H26N4O2S/c1-5-14(3)25-20(27)19-17(11-13(2)22-19)24-21(25)28-12-18(26)23-15(4)16-9-7-6-8-10-16/h6-11,14-15,22H,5,12H2,1-4H3,(H,23,26)/t14-,15+/m1/s1. The zero-order chi connectivity index (χ0) is 20.3. The van der Waals surface area contributed by atoms with Crippen LogP contribution in [0.25, 0.3) is 11.0 Å². The maximum atomic E-state index is 12.9. The van der Waals surface area contributed by atoms with Gasteiger partial charge in [-0.15, -0.1) is 0 Å². The second-order valence-corrected chi connectivity index (χ2v) is 7.97. The van der Waals surface area contributed by atoms with Gasteiger partial charge in [0.25, 0.3) is 5.56 Å². The van der Waals surface area contributed by atoms with Crippen molar-refractivity contribution in [3.05, 3.63) is 58.0 Å².